The molecule has 0 aromatic heterocycles. The third-order valence-electron chi connectivity index (χ3n) is 3.00. The molecule has 0 unspecified atom stereocenters. The van der Waals surface area contributed by atoms with E-state index >= 15 is 0 Å². The molecule has 0 saturated carbocycles. The Kier molecular flexibility index (Phi) is 5.42. The van der Waals surface area contributed by atoms with Crippen LogP contribution >= 0.6 is 27.5 Å². The summed E-state index contributed by atoms with van der Waals surface area (Å²) in [7, 11) is 0. The van der Waals surface area contributed by atoms with Gasteiger partial charge >= 0.3 is 0 Å². The molecule has 1 amide bonds. The summed E-state index contributed by atoms with van der Waals surface area (Å²) in [6.07, 6.45) is 0. The molecule has 6 heteroatoms. The van der Waals surface area contributed by atoms with Gasteiger partial charge in [0, 0.05) is 15.8 Å². The number of aryl methyl sites for hydroxylation is 1. The van der Waals surface area contributed by atoms with E-state index in [0.717, 1.165) is 15.7 Å². The fourth-order valence-electron chi connectivity index (χ4n) is 1.89. The van der Waals surface area contributed by atoms with Crippen LogP contribution in [0.1, 0.15) is 11.1 Å². The lowest BCUT2D eigenvalue weighted by atomic mass is 10.2. The van der Waals surface area contributed by atoms with E-state index in [0.29, 0.717) is 16.3 Å². The van der Waals surface area contributed by atoms with Crippen LogP contribution < -0.4 is 10.6 Å². The van der Waals surface area contributed by atoms with Crippen molar-refractivity contribution in [2.24, 2.45) is 0 Å². The first-order valence-corrected chi connectivity index (χ1v) is 7.66. The first kappa shape index (κ1) is 16.3. The molecule has 22 heavy (non-hydrogen) atoms. The van der Waals surface area contributed by atoms with E-state index in [2.05, 4.69) is 26.6 Å². The fourth-order valence-corrected chi connectivity index (χ4v) is 2.59. The Morgan fingerprint density at radius 1 is 1.32 bits per heavy atom. The number of amides is 1. The maximum absolute atomic E-state index is 11.9. The van der Waals surface area contributed by atoms with E-state index in [9.17, 15) is 4.79 Å². The maximum Gasteiger partial charge on any atom is 0.243 e. The van der Waals surface area contributed by atoms with Crippen molar-refractivity contribution in [1.29, 1.82) is 5.26 Å². The molecular formula is C16H13BrClN3O. The molecule has 0 heterocycles. The van der Waals surface area contributed by atoms with Gasteiger partial charge in [0.2, 0.25) is 5.91 Å². The number of benzene rings is 2. The van der Waals surface area contributed by atoms with Crippen molar-refractivity contribution in [3.8, 4) is 6.07 Å². The Labute approximate surface area is 142 Å². The number of carbonyl (C=O) groups excluding carboxylic acids is 1. The molecule has 0 fully saturated rings. The molecule has 0 aliphatic heterocycles. The van der Waals surface area contributed by atoms with Crippen molar-refractivity contribution in [1.82, 2.24) is 0 Å². The molecule has 0 radical (unpaired) electrons. The summed E-state index contributed by atoms with van der Waals surface area (Å²) in [5.41, 5.74) is 2.88. The van der Waals surface area contributed by atoms with Gasteiger partial charge in [-0.25, -0.2) is 0 Å². The van der Waals surface area contributed by atoms with Gasteiger partial charge < -0.3 is 10.6 Å². The predicted octanol–water partition coefficient (Wildman–Crippen LogP) is 4.33. The van der Waals surface area contributed by atoms with Crippen molar-refractivity contribution in [2.45, 2.75) is 6.92 Å². The highest BCUT2D eigenvalue weighted by Crippen LogP contribution is 2.21. The van der Waals surface area contributed by atoms with Crippen LogP contribution in [0.5, 0.6) is 0 Å². The summed E-state index contributed by atoms with van der Waals surface area (Å²) in [5.74, 6) is -0.192. The van der Waals surface area contributed by atoms with Crippen LogP contribution in [0.25, 0.3) is 0 Å². The van der Waals surface area contributed by atoms with E-state index in [1.165, 1.54) is 0 Å². The lowest BCUT2D eigenvalue weighted by molar-refractivity contribution is -0.114. The zero-order chi connectivity index (χ0) is 16.1. The van der Waals surface area contributed by atoms with Gasteiger partial charge in [-0.1, -0.05) is 27.5 Å². The smallest absolute Gasteiger partial charge is 0.243 e. The highest BCUT2D eigenvalue weighted by atomic mass is 79.9. The highest BCUT2D eigenvalue weighted by Gasteiger charge is 2.06. The normalized spacial score (nSPS) is 9.91. The number of anilines is 2. The van der Waals surface area contributed by atoms with Gasteiger partial charge in [-0.05, 0) is 48.9 Å². The SMILES string of the molecule is Cc1cc(Br)ccc1NCC(=O)Nc1ccc(C#N)c(Cl)c1. The lowest BCUT2D eigenvalue weighted by Gasteiger charge is -2.10. The minimum Gasteiger partial charge on any atom is -0.376 e. The highest BCUT2D eigenvalue weighted by molar-refractivity contribution is 9.10. The van der Waals surface area contributed by atoms with Crippen molar-refractivity contribution in [3.63, 3.8) is 0 Å². The molecule has 2 aromatic carbocycles. The van der Waals surface area contributed by atoms with Gasteiger partial charge in [0.25, 0.3) is 0 Å². The van der Waals surface area contributed by atoms with Crippen molar-refractivity contribution in [2.75, 3.05) is 17.2 Å². The first-order chi connectivity index (χ1) is 10.5. The van der Waals surface area contributed by atoms with Crippen LogP contribution in [0.3, 0.4) is 0 Å². The monoisotopic (exact) mass is 377 g/mol. The third kappa shape index (κ3) is 4.23. The molecule has 2 aromatic rings. The summed E-state index contributed by atoms with van der Waals surface area (Å²) < 4.78 is 0.993. The van der Waals surface area contributed by atoms with E-state index in [1.54, 1.807) is 18.2 Å². The molecule has 0 aliphatic carbocycles. The molecule has 112 valence electrons. The quantitative estimate of drug-likeness (QED) is 0.832. The fraction of sp³-hybridized carbons (Fsp3) is 0.125. The number of nitriles is 1. The largest absolute Gasteiger partial charge is 0.376 e. The number of nitrogens with zero attached hydrogens (tertiary/aromatic N) is 1. The molecule has 2 N–H and O–H groups in total. The molecule has 0 saturated heterocycles. The number of carbonyl (C=O) groups is 1. The molecule has 0 atom stereocenters. The van der Waals surface area contributed by atoms with Crippen LogP contribution in [0.15, 0.2) is 40.9 Å². The summed E-state index contributed by atoms with van der Waals surface area (Å²) in [5, 5.41) is 14.9. The number of rotatable bonds is 4. The molecule has 0 aliphatic rings. The standard InChI is InChI=1S/C16H13BrClN3O/c1-10-6-12(17)3-5-15(10)20-9-16(22)21-13-4-2-11(8-19)14(18)7-13/h2-7,20H,9H2,1H3,(H,21,22). The summed E-state index contributed by atoms with van der Waals surface area (Å²) in [4.78, 5) is 11.9. The van der Waals surface area contributed by atoms with E-state index in [4.69, 9.17) is 16.9 Å². The van der Waals surface area contributed by atoms with Gasteiger partial charge in [-0.15, -0.1) is 0 Å². The van der Waals surface area contributed by atoms with E-state index in [1.807, 2.05) is 31.2 Å². The molecule has 4 nitrogen and oxygen atoms in total. The van der Waals surface area contributed by atoms with Crippen LogP contribution in [0.4, 0.5) is 11.4 Å². The third-order valence-corrected chi connectivity index (χ3v) is 3.81. The van der Waals surface area contributed by atoms with Gasteiger partial charge in [-0.3, -0.25) is 4.79 Å². The number of halogens is 2. The zero-order valence-electron chi connectivity index (χ0n) is 11.8. The Morgan fingerprint density at radius 3 is 2.73 bits per heavy atom. The summed E-state index contributed by atoms with van der Waals surface area (Å²) >= 11 is 9.32. The summed E-state index contributed by atoms with van der Waals surface area (Å²) in [6, 6.07) is 12.5. The number of hydrogen-bond donors (Lipinski definition) is 2. The van der Waals surface area contributed by atoms with E-state index in [-0.39, 0.29) is 12.5 Å². The van der Waals surface area contributed by atoms with Crippen molar-refractivity contribution < 1.29 is 4.79 Å². The van der Waals surface area contributed by atoms with Crippen LogP contribution in [0.2, 0.25) is 5.02 Å². The predicted molar refractivity (Wildman–Crippen MR) is 92.2 cm³/mol. The average molecular weight is 379 g/mol. The van der Waals surface area contributed by atoms with E-state index < -0.39 is 0 Å². The number of nitrogens with one attached hydrogen (secondary N) is 2. The van der Waals surface area contributed by atoms with Gasteiger partial charge in [-0.2, -0.15) is 5.26 Å². The minimum atomic E-state index is -0.192. The Morgan fingerprint density at radius 2 is 2.09 bits per heavy atom. The average Bonchev–Trinajstić information content (AvgIpc) is 2.46. The van der Waals surface area contributed by atoms with Gasteiger partial charge in [0.05, 0.1) is 17.1 Å². The molecule has 0 spiro atoms. The Balaban J connectivity index is 1.96. The van der Waals surface area contributed by atoms with Crippen LogP contribution in [-0.2, 0) is 4.79 Å². The Bertz CT molecular complexity index is 756. The number of hydrogen-bond acceptors (Lipinski definition) is 3. The van der Waals surface area contributed by atoms with Crippen molar-refractivity contribution in [3.05, 3.63) is 57.0 Å². The Hall–Kier alpha value is -2.03. The van der Waals surface area contributed by atoms with Crippen LogP contribution in [-0.4, -0.2) is 12.5 Å². The molecule has 2 rings (SSSR count). The lowest BCUT2D eigenvalue weighted by Crippen LogP contribution is -2.22. The maximum atomic E-state index is 11.9. The van der Waals surface area contributed by atoms with Crippen LogP contribution in [0, 0.1) is 18.3 Å². The zero-order valence-corrected chi connectivity index (χ0v) is 14.1. The van der Waals surface area contributed by atoms with Gasteiger partial charge in [0.15, 0.2) is 0 Å². The van der Waals surface area contributed by atoms with Crippen molar-refractivity contribution >= 4 is 44.8 Å². The second-order valence-corrected chi connectivity index (χ2v) is 5.99. The molecule has 0 bridgehead atoms. The second kappa shape index (κ2) is 7.30. The topological polar surface area (TPSA) is 64.9 Å². The minimum absolute atomic E-state index is 0.139. The first-order valence-electron chi connectivity index (χ1n) is 6.49. The second-order valence-electron chi connectivity index (χ2n) is 4.67. The van der Waals surface area contributed by atoms with Gasteiger partial charge in [0.1, 0.15) is 6.07 Å². The molecular weight excluding hydrogens is 366 g/mol. The summed E-state index contributed by atoms with van der Waals surface area (Å²) in [6.45, 7) is 2.10.